The first-order valence-electron chi connectivity index (χ1n) is 11.4. The van der Waals surface area contributed by atoms with E-state index in [1.807, 2.05) is 21.1 Å². The maximum absolute atomic E-state index is 12.0. The summed E-state index contributed by atoms with van der Waals surface area (Å²) in [5.74, 6) is -1.46. The van der Waals surface area contributed by atoms with Crippen LogP contribution in [0.4, 0.5) is 0 Å². The number of likely N-dealkylation sites (N-methyl/N-ethyl adjacent to an activating group) is 1. The number of carbonyl (C=O) groups is 2. The number of hydrogen-bond acceptors (Lipinski definition) is 4. The van der Waals surface area contributed by atoms with Gasteiger partial charge in [0.1, 0.15) is 6.54 Å². The summed E-state index contributed by atoms with van der Waals surface area (Å²) in [6.45, 7) is 2.72. The van der Waals surface area contributed by atoms with E-state index in [1.54, 1.807) is 0 Å². The SMILES string of the molecule is CCCCCCCCCCCCCCCC(=O)O[C@@H](CC(=O)[O-])C[N+](C)(C)C.[Cl-]. The molecule has 29 heavy (non-hydrogen) atoms. The fraction of sp³-hybridized carbons (Fsp3) is 0.913. The normalized spacial score (nSPS) is 12.3. The molecule has 0 aromatic heterocycles. The zero-order chi connectivity index (χ0) is 21.3. The third kappa shape index (κ3) is 23.3. The standard InChI is InChI=1S/C23H45NO4.ClH/c1-5-6-7-8-9-10-11-12-13-14-15-16-17-18-23(27)28-21(19-22(25)26)20-24(2,3)4;/h21H,5-20H2,1-4H3;1H/p-1/t21-;/m0./s1. The number of ether oxygens (including phenoxy) is 1. The Morgan fingerprint density at radius 2 is 1.21 bits per heavy atom. The van der Waals surface area contributed by atoms with Gasteiger partial charge >= 0.3 is 5.97 Å². The lowest BCUT2D eigenvalue weighted by atomic mass is 10.0. The van der Waals surface area contributed by atoms with Gasteiger partial charge in [0, 0.05) is 18.8 Å². The molecule has 0 saturated carbocycles. The first kappa shape index (κ1) is 30.4. The number of halogens is 1. The topological polar surface area (TPSA) is 66.4 Å². The quantitative estimate of drug-likeness (QED) is 0.174. The Balaban J connectivity index is 0. The molecule has 1 atom stereocenters. The fourth-order valence-corrected chi connectivity index (χ4v) is 3.47. The van der Waals surface area contributed by atoms with Gasteiger partial charge in [0.2, 0.25) is 0 Å². The average molecular weight is 435 g/mol. The van der Waals surface area contributed by atoms with E-state index >= 15 is 0 Å². The zero-order valence-electron chi connectivity index (χ0n) is 19.3. The van der Waals surface area contributed by atoms with E-state index in [0.717, 1.165) is 19.3 Å². The molecule has 0 aliphatic rings. The number of esters is 1. The summed E-state index contributed by atoms with van der Waals surface area (Å²) in [4.78, 5) is 22.8. The molecule has 0 aromatic rings. The highest BCUT2D eigenvalue weighted by molar-refractivity contribution is 5.70. The van der Waals surface area contributed by atoms with Crippen LogP contribution in [0.3, 0.4) is 0 Å². The maximum Gasteiger partial charge on any atom is 0.306 e. The van der Waals surface area contributed by atoms with Crippen LogP contribution in [0.5, 0.6) is 0 Å². The lowest BCUT2D eigenvalue weighted by Crippen LogP contribution is -3.00. The predicted molar refractivity (Wildman–Crippen MR) is 113 cm³/mol. The Bertz CT molecular complexity index is 410. The van der Waals surface area contributed by atoms with E-state index in [9.17, 15) is 14.7 Å². The Morgan fingerprint density at radius 1 is 0.793 bits per heavy atom. The monoisotopic (exact) mass is 434 g/mol. The van der Waals surface area contributed by atoms with Crippen LogP contribution >= 0.6 is 0 Å². The van der Waals surface area contributed by atoms with Crippen molar-refractivity contribution < 1.29 is 36.3 Å². The smallest absolute Gasteiger partial charge is 0.306 e. The molecule has 0 radical (unpaired) electrons. The largest absolute Gasteiger partial charge is 1.00 e. The lowest BCUT2D eigenvalue weighted by molar-refractivity contribution is -0.873. The van der Waals surface area contributed by atoms with Crippen LogP contribution in [0, 0.1) is 0 Å². The summed E-state index contributed by atoms with van der Waals surface area (Å²) in [5.41, 5.74) is 0. The zero-order valence-corrected chi connectivity index (χ0v) is 20.1. The van der Waals surface area contributed by atoms with Crippen molar-refractivity contribution in [3.8, 4) is 0 Å². The first-order valence-corrected chi connectivity index (χ1v) is 11.4. The van der Waals surface area contributed by atoms with E-state index in [4.69, 9.17) is 4.74 Å². The van der Waals surface area contributed by atoms with Crippen molar-refractivity contribution in [1.82, 2.24) is 0 Å². The van der Waals surface area contributed by atoms with Crippen LogP contribution in [0.1, 0.15) is 103 Å². The van der Waals surface area contributed by atoms with E-state index < -0.39 is 12.1 Å². The molecule has 174 valence electrons. The van der Waals surface area contributed by atoms with Gasteiger partial charge in [-0.1, -0.05) is 84.0 Å². The second-order valence-electron chi connectivity index (χ2n) is 9.15. The number of quaternary nitrogens is 1. The van der Waals surface area contributed by atoms with Crippen molar-refractivity contribution in [3.05, 3.63) is 0 Å². The maximum atomic E-state index is 12.0. The van der Waals surface area contributed by atoms with Crippen molar-refractivity contribution in [1.29, 1.82) is 0 Å². The van der Waals surface area contributed by atoms with Gasteiger partial charge < -0.3 is 31.5 Å². The van der Waals surface area contributed by atoms with Gasteiger partial charge in [0.25, 0.3) is 0 Å². The van der Waals surface area contributed by atoms with Gasteiger partial charge in [-0.25, -0.2) is 0 Å². The molecule has 0 rings (SSSR count). The Morgan fingerprint density at radius 3 is 1.59 bits per heavy atom. The summed E-state index contributed by atoms with van der Waals surface area (Å²) < 4.78 is 5.91. The number of unbranched alkanes of at least 4 members (excludes halogenated alkanes) is 12. The van der Waals surface area contributed by atoms with Crippen LogP contribution < -0.4 is 17.5 Å². The summed E-state index contributed by atoms with van der Waals surface area (Å²) in [6.07, 6.45) is 16.0. The van der Waals surface area contributed by atoms with Crippen LogP contribution in [0.2, 0.25) is 0 Å². The molecule has 0 heterocycles. The molecule has 0 spiro atoms. The summed E-state index contributed by atoms with van der Waals surface area (Å²) >= 11 is 0. The van der Waals surface area contributed by atoms with E-state index in [1.165, 1.54) is 64.2 Å². The van der Waals surface area contributed by atoms with Crippen LogP contribution in [-0.4, -0.2) is 50.2 Å². The van der Waals surface area contributed by atoms with Gasteiger partial charge in [-0.15, -0.1) is 0 Å². The minimum Gasteiger partial charge on any atom is -1.00 e. The molecule has 0 aliphatic heterocycles. The Kier molecular flexibility index (Phi) is 20.1. The van der Waals surface area contributed by atoms with E-state index in [0.29, 0.717) is 17.4 Å². The average Bonchev–Trinajstić information content (AvgIpc) is 2.56. The summed E-state index contributed by atoms with van der Waals surface area (Å²) in [7, 11) is 5.84. The summed E-state index contributed by atoms with van der Waals surface area (Å²) in [5, 5.41) is 10.9. The third-order valence-corrected chi connectivity index (χ3v) is 4.93. The lowest BCUT2D eigenvalue weighted by Gasteiger charge is -2.29. The Hall–Kier alpha value is -0.810. The minimum atomic E-state index is -1.17. The number of rotatable bonds is 19. The van der Waals surface area contributed by atoms with Gasteiger partial charge in [-0.3, -0.25) is 4.79 Å². The van der Waals surface area contributed by atoms with Gasteiger partial charge in [0.15, 0.2) is 6.10 Å². The minimum absolute atomic E-state index is 0. The fourth-order valence-electron chi connectivity index (χ4n) is 3.47. The van der Waals surface area contributed by atoms with Crippen LogP contribution in [0.15, 0.2) is 0 Å². The third-order valence-electron chi connectivity index (χ3n) is 4.93. The van der Waals surface area contributed by atoms with Crippen molar-refractivity contribution in [2.75, 3.05) is 27.7 Å². The number of carbonyl (C=O) groups excluding carboxylic acids is 2. The van der Waals surface area contributed by atoms with Gasteiger partial charge in [0.05, 0.1) is 21.1 Å². The number of aliphatic carboxylic acids is 1. The molecule has 0 aliphatic carbocycles. The molecule has 0 saturated heterocycles. The van der Waals surface area contributed by atoms with Gasteiger partial charge in [-0.05, 0) is 6.42 Å². The molecular formula is C23H45ClNO4-. The number of hydrogen-bond donors (Lipinski definition) is 0. The van der Waals surface area contributed by atoms with E-state index in [-0.39, 0.29) is 24.8 Å². The van der Waals surface area contributed by atoms with Crippen molar-refractivity contribution in [2.45, 2.75) is 109 Å². The second kappa shape index (κ2) is 19.2. The van der Waals surface area contributed by atoms with Crippen molar-refractivity contribution >= 4 is 11.9 Å². The van der Waals surface area contributed by atoms with Gasteiger partial charge in [-0.2, -0.15) is 0 Å². The van der Waals surface area contributed by atoms with Crippen LogP contribution in [0.25, 0.3) is 0 Å². The highest BCUT2D eigenvalue weighted by Gasteiger charge is 2.22. The molecule has 6 heteroatoms. The number of nitrogens with zero attached hydrogens (tertiary/aromatic N) is 1. The highest BCUT2D eigenvalue weighted by atomic mass is 35.5. The van der Waals surface area contributed by atoms with Crippen molar-refractivity contribution in [3.63, 3.8) is 0 Å². The molecular weight excluding hydrogens is 390 g/mol. The molecule has 0 amide bonds. The van der Waals surface area contributed by atoms with E-state index in [2.05, 4.69) is 6.92 Å². The van der Waals surface area contributed by atoms with Crippen molar-refractivity contribution in [2.24, 2.45) is 0 Å². The molecule has 5 nitrogen and oxygen atoms in total. The molecule has 0 bridgehead atoms. The first-order chi connectivity index (χ1) is 13.2. The number of carboxylic acids is 1. The number of carboxylic acid groups (broad SMARTS) is 1. The predicted octanol–water partition coefficient (Wildman–Crippen LogP) is 1.23. The Labute approximate surface area is 185 Å². The molecule has 0 unspecified atom stereocenters. The molecule has 0 fully saturated rings. The summed E-state index contributed by atoms with van der Waals surface area (Å²) in [6, 6.07) is 0. The molecule has 0 aromatic carbocycles. The van der Waals surface area contributed by atoms with Crippen LogP contribution in [-0.2, 0) is 14.3 Å². The highest BCUT2D eigenvalue weighted by Crippen LogP contribution is 2.13. The molecule has 0 N–H and O–H groups in total. The second-order valence-corrected chi connectivity index (χ2v) is 9.15.